The number of carbonyl (C=O) groups excluding carboxylic acids is 1. The molecule has 2 heterocycles. The zero-order valence-corrected chi connectivity index (χ0v) is 16.8. The molecule has 0 radical (unpaired) electrons. The fourth-order valence-corrected chi connectivity index (χ4v) is 3.74. The lowest BCUT2D eigenvalue weighted by Gasteiger charge is -2.28. The van der Waals surface area contributed by atoms with Crippen molar-refractivity contribution < 1.29 is 23.8 Å². The van der Waals surface area contributed by atoms with Crippen LogP contribution in [0.3, 0.4) is 0 Å². The Balaban J connectivity index is 1.65. The largest absolute Gasteiger partial charge is 0.485 e. The maximum Gasteiger partial charge on any atom is 0.311 e. The van der Waals surface area contributed by atoms with Gasteiger partial charge in [0.05, 0.1) is 5.41 Å². The van der Waals surface area contributed by atoms with Crippen LogP contribution in [0, 0.1) is 25.2 Å². The van der Waals surface area contributed by atoms with E-state index < -0.39 is 11.4 Å². The molecule has 1 N–H and O–H groups in total. The van der Waals surface area contributed by atoms with E-state index in [0.717, 1.165) is 11.3 Å². The molecule has 1 fully saturated rings. The molecule has 0 saturated carbocycles. The van der Waals surface area contributed by atoms with E-state index in [1.54, 1.807) is 17.0 Å². The van der Waals surface area contributed by atoms with Crippen LogP contribution in [0.5, 0.6) is 5.75 Å². The number of nitrogens with zero attached hydrogens (tertiary/aromatic N) is 1. The highest BCUT2D eigenvalue weighted by Gasteiger charge is 2.48. The highest BCUT2D eigenvalue weighted by molar-refractivity contribution is 5.92. The molecule has 1 aliphatic rings. The molecule has 0 spiro atoms. The van der Waals surface area contributed by atoms with Gasteiger partial charge in [0.15, 0.2) is 5.76 Å². The number of furan rings is 1. The Morgan fingerprint density at radius 3 is 2.61 bits per heavy atom. The third kappa shape index (κ3) is 3.77. The summed E-state index contributed by atoms with van der Waals surface area (Å²) < 4.78 is 11.5. The summed E-state index contributed by atoms with van der Waals surface area (Å²) in [5, 5.41) is 9.65. The first-order valence-electron chi connectivity index (χ1n) is 9.54. The van der Waals surface area contributed by atoms with Gasteiger partial charge < -0.3 is 19.2 Å². The van der Waals surface area contributed by atoms with E-state index in [1.165, 1.54) is 5.56 Å². The van der Waals surface area contributed by atoms with Gasteiger partial charge in [-0.05, 0) is 49.9 Å². The number of hydrogen-bond acceptors (Lipinski definition) is 4. The summed E-state index contributed by atoms with van der Waals surface area (Å²) in [5.74, 6) is 0.361. The lowest BCUT2D eigenvalue weighted by atomic mass is 9.76. The van der Waals surface area contributed by atoms with Crippen molar-refractivity contribution in [1.82, 2.24) is 4.90 Å². The molecule has 1 saturated heterocycles. The summed E-state index contributed by atoms with van der Waals surface area (Å²) in [6.07, 6.45) is 0.453. The summed E-state index contributed by atoms with van der Waals surface area (Å²) >= 11 is 0. The van der Waals surface area contributed by atoms with Crippen molar-refractivity contribution in [1.29, 1.82) is 0 Å². The topological polar surface area (TPSA) is 80.0 Å². The summed E-state index contributed by atoms with van der Waals surface area (Å²) in [4.78, 5) is 26.1. The van der Waals surface area contributed by atoms with Crippen LogP contribution in [0.25, 0.3) is 0 Å². The second kappa shape index (κ2) is 7.70. The van der Waals surface area contributed by atoms with Crippen LogP contribution in [0.1, 0.15) is 47.7 Å². The Hall–Kier alpha value is -2.76. The summed E-state index contributed by atoms with van der Waals surface area (Å²) in [6, 6.07) is 9.29. The third-order valence-electron chi connectivity index (χ3n) is 5.69. The van der Waals surface area contributed by atoms with Crippen LogP contribution >= 0.6 is 0 Å². The van der Waals surface area contributed by atoms with Crippen molar-refractivity contribution in [2.75, 3.05) is 13.1 Å². The van der Waals surface area contributed by atoms with Gasteiger partial charge in [0.25, 0.3) is 5.91 Å². The SMILES string of the molecule is Cc1ccc(OCc2ccc(C(=O)N3CCC(C(=O)O)(C(C)C)C3)o2)c(C)c1. The van der Waals surface area contributed by atoms with Crippen LogP contribution < -0.4 is 4.74 Å². The van der Waals surface area contributed by atoms with Crippen LogP contribution in [-0.4, -0.2) is 35.0 Å². The Morgan fingerprint density at radius 1 is 1.25 bits per heavy atom. The Bertz CT molecular complexity index is 885. The van der Waals surface area contributed by atoms with Gasteiger partial charge >= 0.3 is 5.97 Å². The molecule has 1 aliphatic heterocycles. The molecule has 1 amide bonds. The highest BCUT2D eigenvalue weighted by atomic mass is 16.5. The number of aryl methyl sites for hydroxylation is 2. The molecule has 28 heavy (non-hydrogen) atoms. The fourth-order valence-electron chi connectivity index (χ4n) is 3.74. The van der Waals surface area contributed by atoms with Crippen LogP contribution in [0.2, 0.25) is 0 Å². The minimum absolute atomic E-state index is 0.0545. The Morgan fingerprint density at radius 2 is 2.00 bits per heavy atom. The van der Waals surface area contributed by atoms with Crippen LogP contribution in [0.4, 0.5) is 0 Å². The predicted octanol–water partition coefficient (Wildman–Crippen LogP) is 4.05. The van der Waals surface area contributed by atoms with E-state index in [0.29, 0.717) is 18.7 Å². The first-order valence-corrected chi connectivity index (χ1v) is 9.54. The van der Waals surface area contributed by atoms with Gasteiger partial charge in [0, 0.05) is 13.1 Å². The summed E-state index contributed by atoms with van der Waals surface area (Å²) in [5.41, 5.74) is 1.32. The van der Waals surface area contributed by atoms with Gasteiger partial charge in [0.1, 0.15) is 18.1 Å². The molecular weight excluding hydrogens is 358 g/mol. The van der Waals surface area contributed by atoms with Crippen LogP contribution in [-0.2, 0) is 11.4 Å². The number of ether oxygens (including phenoxy) is 1. The first-order chi connectivity index (χ1) is 13.2. The standard InChI is InChI=1S/C22H27NO5/c1-14(2)22(21(25)26)9-10-23(13-22)20(24)19-8-6-17(28-19)12-27-18-7-5-15(3)11-16(18)4/h5-8,11,14H,9-10,12-13H2,1-4H3,(H,25,26). The van der Waals surface area contributed by atoms with Crippen LogP contribution in [0.15, 0.2) is 34.7 Å². The zero-order chi connectivity index (χ0) is 20.5. The average molecular weight is 385 g/mol. The maximum atomic E-state index is 12.8. The minimum atomic E-state index is -0.892. The van der Waals surface area contributed by atoms with Crippen molar-refractivity contribution in [3.05, 3.63) is 53.0 Å². The van der Waals surface area contributed by atoms with Crippen molar-refractivity contribution in [2.45, 2.75) is 40.7 Å². The van der Waals surface area contributed by atoms with Crippen molar-refractivity contribution in [2.24, 2.45) is 11.3 Å². The van der Waals surface area contributed by atoms with E-state index in [-0.39, 0.29) is 30.7 Å². The van der Waals surface area contributed by atoms with Gasteiger partial charge in [0.2, 0.25) is 0 Å². The number of hydrogen-bond donors (Lipinski definition) is 1. The van der Waals surface area contributed by atoms with Gasteiger partial charge in [-0.2, -0.15) is 0 Å². The molecule has 0 aliphatic carbocycles. The molecule has 1 aromatic heterocycles. The van der Waals surface area contributed by atoms with Gasteiger partial charge in [-0.25, -0.2) is 0 Å². The van der Waals surface area contributed by atoms with Gasteiger partial charge in [-0.1, -0.05) is 31.5 Å². The average Bonchev–Trinajstić information content (AvgIpc) is 3.28. The van der Waals surface area contributed by atoms with E-state index in [2.05, 4.69) is 0 Å². The van der Waals surface area contributed by atoms with E-state index in [4.69, 9.17) is 9.15 Å². The second-order valence-electron chi connectivity index (χ2n) is 7.92. The number of carboxylic acids is 1. The molecule has 1 unspecified atom stereocenters. The molecule has 3 rings (SSSR count). The fraction of sp³-hybridized carbons (Fsp3) is 0.455. The zero-order valence-electron chi connectivity index (χ0n) is 16.8. The summed E-state index contributed by atoms with van der Waals surface area (Å²) in [7, 11) is 0. The molecule has 1 atom stereocenters. The molecule has 2 aromatic rings. The lowest BCUT2D eigenvalue weighted by molar-refractivity contribution is -0.150. The van der Waals surface area contributed by atoms with E-state index in [9.17, 15) is 14.7 Å². The normalized spacial score (nSPS) is 19.2. The number of rotatable bonds is 6. The minimum Gasteiger partial charge on any atom is -0.485 e. The Labute approximate surface area is 165 Å². The molecule has 0 bridgehead atoms. The predicted molar refractivity (Wildman–Crippen MR) is 104 cm³/mol. The number of carbonyl (C=O) groups is 2. The van der Waals surface area contributed by atoms with E-state index in [1.807, 2.05) is 45.9 Å². The number of aliphatic carboxylic acids is 1. The highest BCUT2D eigenvalue weighted by Crippen LogP contribution is 2.38. The maximum absolute atomic E-state index is 12.8. The van der Waals surface area contributed by atoms with Gasteiger partial charge in [-0.15, -0.1) is 0 Å². The quantitative estimate of drug-likeness (QED) is 0.811. The molecule has 6 nitrogen and oxygen atoms in total. The monoisotopic (exact) mass is 385 g/mol. The molecule has 1 aromatic carbocycles. The van der Waals surface area contributed by atoms with Crippen molar-refractivity contribution in [3.8, 4) is 5.75 Å². The molecule has 150 valence electrons. The number of carboxylic acid groups (broad SMARTS) is 1. The van der Waals surface area contributed by atoms with Gasteiger partial charge in [-0.3, -0.25) is 9.59 Å². The van der Waals surface area contributed by atoms with Crippen molar-refractivity contribution >= 4 is 11.9 Å². The second-order valence-corrected chi connectivity index (χ2v) is 7.92. The third-order valence-corrected chi connectivity index (χ3v) is 5.69. The summed E-state index contributed by atoms with van der Waals surface area (Å²) in [6.45, 7) is 8.62. The van der Waals surface area contributed by atoms with Crippen molar-refractivity contribution in [3.63, 3.8) is 0 Å². The Kier molecular flexibility index (Phi) is 5.49. The van der Waals surface area contributed by atoms with E-state index >= 15 is 0 Å². The number of amides is 1. The first kappa shape index (κ1) is 20.0. The lowest BCUT2D eigenvalue weighted by Crippen LogP contribution is -2.40. The molecular formula is C22H27NO5. The smallest absolute Gasteiger partial charge is 0.311 e. The number of benzene rings is 1. The number of likely N-dealkylation sites (tertiary alicyclic amines) is 1. The molecule has 6 heteroatoms.